The lowest BCUT2D eigenvalue weighted by Gasteiger charge is -2.10. The summed E-state index contributed by atoms with van der Waals surface area (Å²) in [6.07, 6.45) is -0.764. The highest BCUT2D eigenvalue weighted by atomic mass is 16.5. The maximum absolute atomic E-state index is 10.6. The van der Waals surface area contributed by atoms with Crippen molar-refractivity contribution < 1.29 is 24.9 Å². The maximum Gasteiger partial charge on any atom is 0.335 e. The van der Waals surface area contributed by atoms with Crippen LogP contribution in [0.5, 0.6) is 5.75 Å². The largest absolute Gasteiger partial charge is 0.492 e. The molecule has 0 aliphatic carbocycles. The summed E-state index contributed by atoms with van der Waals surface area (Å²) in [5, 5.41) is 29.2. The van der Waals surface area contributed by atoms with E-state index in [1.165, 1.54) is 12.1 Å². The average molecular weight is 255 g/mol. The van der Waals surface area contributed by atoms with Crippen molar-refractivity contribution >= 4 is 5.97 Å². The summed E-state index contributed by atoms with van der Waals surface area (Å²) >= 11 is 0. The van der Waals surface area contributed by atoms with E-state index < -0.39 is 12.1 Å². The number of rotatable bonds is 8. The maximum atomic E-state index is 10.6. The molecule has 1 atom stereocenters. The van der Waals surface area contributed by atoms with Gasteiger partial charge in [-0.1, -0.05) is 0 Å². The van der Waals surface area contributed by atoms with Gasteiger partial charge < -0.3 is 25.4 Å². The van der Waals surface area contributed by atoms with E-state index in [-0.39, 0.29) is 12.2 Å². The quantitative estimate of drug-likeness (QED) is 0.476. The van der Waals surface area contributed by atoms with Crippen LogP contribution in [0.15, 0.2) is 24.3 Å². The molecular weight excluding hydrogens is 238 g/mol. The van der Waals surface area contributed by atoms with Gasteiger partial charge in [0.25, 0.3) is 0 Å². The van der Waals surface area contributed by atoms with E-state index in [9.17, 15) is 4.79 Å². The SMILES string of the molecule is O=C(O)c1ccc(OCCNCC(O)CO)cc1. The van der Waals surface area contributed by atoms with Crippen LogP contribution < -0.4 is 10.1 Å². The van der Waals surface area contributed by atoms with Crippen LogP contribution in [-0.4, -0.2) is 53.7 Å². The second kappa shape index (κ2) is 7.65. The van der Waals surface area contributed by atoms with Crippen LogP contribution in [0.25, 0.3) is 0 Å². The van der Waals surface area contributed by atoms with Crippen LogP contribution >= 0.6 is 0 Å². The van der Waals surface area contributed by atoms with E-state index in [0.29, 0.717) is 25.4 Å². The number of nitrogens with one attached hydrogen (secondary N) is 1. The van der Waals surface area contributed by atoms with Crippen LogP contribution in [-0.2, 0) is 0 Å². The third-order valence-corrected chi connectivity index (χ3v) is 2.24. The zero-order valence-corrected chi connectivity index (χ0v) is 9.87. The molecule has 6 nitrogen and oxygen atoms in total. The molecule has 0 radical (unpaired) electrons. The molecule has 100 valence electrons. The van der Waals surface area contributed by atoms with Crippen molar-refractivity contribution in [3.8, 4) is 5.75 Å². The Morgan fingerprint density at radius 2 is 2.00 bits per heavy atom. The highest BCUT2D eigenvalue weighted by molar-refractivity contribution is 5.87. The van der Waals surface area contributed by atoms with E-state index in [2.05, 4.69) is 5.32 Å². The molecule has 1 aromatic rings. The van der Waals surface area contributed by atoms with Gasteiger partial charge in [0.05, 0.1) is 18.3 Å². The highest BCUT2D eigenvalue weighted by Gasteiger charge is 2.02. The van der Waals surface area contributed by atoms with Gasteiger partial charge >= 0.3 is 5.97 Å². The molecule has 0 spiro atoms. The molecule has 1 rings (SSSR count). The topological polar surface area (TPSA) is 99.0 Å². The number of ether oxygens (including phenoxy) is 1. The molecule has 4 N–H and O–H groups in total. The minimum Gasteiger partial charge on any atom is -0.492 e. The fourth-order valence-electron chi connectivity index (χ4n) is 1.27. The summed E-state index contributed by atoms with van der Waals surface area (Å²) in [7, 11) is 0. The normalized spacial score (nSPS) is 12.1. The molecule has 0 aromatic heterocycles. The number of aliphatic hydroxyl groups is 2. The van der Waals surface area contributed by atoms with E-state index in [1.807, 2.05) is 0 Å². The molecular formula is C12H17NO5. The molecule has 0 aliphatic heterocycles. The first-order valence-electron chi connectivity index (χ1n) is 5.59. The summed E-state index contributed by atoms with van der Waals surface area (Å²) in [5.41, 5.74) is 0.214. The zero-order valence-electron chi connectivity index (χ0n) is 9.87. The summed E-state index contributed by atoms with van der Waals surface area (Å²) in [4.78, 5) is 10.6. The van der Waals surface area contributed by atoms with Crippen LogP contribution in [0.1, 0.15) is 10.4 Å². The van der Waals surface area contributed by atoms with Crippen molar-refractivity contribution in [1.29, 1.82) is 0 Å². The van der Waals surface area contributed by atoms with Gasteiger partial charge in [-0.2, -0.15) is 0 Å². The lowest BCUT2D eigenvalue weighted by atomic mass is 10.2. The molecule has 6 heteroatoms. The molecule has 1 unspecified atom stereocenters. The fraction of sp³-hybridized carbons (Fsp3) is 0.417. The first kappa shape index (κ1) is 14.4. The first-order chi connectivity index (χ1) is 8.63. The summed E-state index contributed by atoms with van der Waals surface area (Å²) in [6, 6.07) is 6.12. The minimum absolute atomic E-state index is 0.214. The monoisotopic (exact) mass is 255 g/mol. The third kappa shape index (κ3) is 5.13. The van der Waals surface area contributed by atoms with E-state index >= 15 is 0 Å². The van der Waals surface area contributed by atoms with Gasteiger partial charge in [-0.05, 0) is 24.3 Å². The third-order valence-electron chi connectivity index (χ3n) is 2.24. The van der Waals surface area contributed by atoms with Crippen LogP contribution in [0.2, 0.25) is 0 Å². The van der Waals surface area contributed by atoms with E-state index in [1.54, 1.807) is 12.1 Å². The Hall–Kier alpha value is -1.63. The first-order valence-corrected chi connectivity index (χ1v) is 5.59. The number of aromatic carboxylic acids is 1. The molecule has 0 saturated carbocycles. The minimum atomic E-state index is -0.971. The molecule has 0 bridgehead atoms. The van der Waals surface area contributed by atoms with Gasteiger partial charge in [0.15, 0.2) is 0 Å². The Bertz CT molecular complexity index is 365. The Morgan fingerprint density at radius 1 is 1.33 bits per heavy atom. The standard InChI is InChI=1S/C12H17NO5/c14-8-10(15)7-13-5-6-18-11-3-1-9(2-4-11)12(16)17/h1-4,10,13-15H,5-8H2,(H,16,17). The van der Waals surface area contributed by atoms with E-state index in [0.717, 1.165) is 0 Å². The highest BCUT2D eigenvalue weighted by Crippen LogP contribution is 2.11. The molecule has 1 aromatic carbocycles. The number of hydrogen-bond acceptors (Lipinski definition) is 5. The molecule has 0 fully saturated rings. The summed E-state index contributed by atoms with van der Waals surface area (Å²) in [6.45, 7) is 0.949. The van der Waals surface area contributed by atoms with Crippen molar-refractivity contribution in [3.63, 3.8) is 0 Å². The van der Waals surface area contributed by atoms with Gasteiger partial charge in [-0.15, -0.1) is 0 Å². The van der Waals surface area contributed by atoms with Crippen molar-refractivity contribution in [1.82, 2.24) is 5.32 Å². The lowest BCUT2D eigenvalue weighted by Crippen LogP contribution is -2.32. The second-order valence-electron chi connectivity index (χ2n) is 3.72. The van der Waals surface area contributed by atoms with Crippen molar-refractivity contribution in [2.75, 3.05) is 26.3 Å². The zero-order chi connectivity index (χ0) is 13.4. The van der Waals surface area contributed by atoms with Crippen molar-refractivity contribution in [2.45, 2.75) is 6.10 Å². The van der Waals surface area contributed by atoms with Crippen molar-refractivity contribution in [2.24, 2.45) is 0 Å². The van der Waals surface area contributed by atoms with Crippen molar-refractivity contribution in [3.05, 3.63) is 29.8 Å². The van der Waals surface area contributed by atoms with Gasteiger partial charge in [-0.25, -0.2) is 4.79 Å². The number of carboxylic acid groups (broad SMARTS) is 1. The number of carboxylic acids is 1. The van der Waals surface area contributed by atoms with E-state index in [4.69, 9.17) is 20.1 Å². The second-order valence-corrected chi connectivity index (χ2v) is 3.72. The summed E-state index contributed by atoms with van der Waals surface area (Å²) in [5.74, 6) is -0.384. The molecule has 0 heterocycles. The molecule has 18 heavy (non-hydrogen) atoms. The predicted molar refractivity (Wildman–Crippen MR) is 64.9 cm³/mol. The van der Waals surface area contributed by atoms with Gasteiger partial charge in [0.2, 0.25) is 0 Å². The summed E-state index contributed by atoms with van der Waals surface area (Å²) < 4.78 is 5.36. The Morgan fingerprint density at radius 3 is 2.56 bits per heavy atom. The van der Waals surface area contributed by atoms with Crippen LogP contribution in [0, 0.1) is 0 Å². The van der Waals surface area contributed by atoms with Gasteiger partial charge in [0, 0.05) is 13.1 Å². The van der Waals surface area contributed by atoms with Crippen LogP contribution in [0.3, 0.4) is 0 Å². The number of aliphatic hydroxyl groups excluding tert-OH is 2. The number of carbonyl (C=O) groups is 1. The Kier molecular flexibility index (Phi) is 6.13. The molecule has 0 amide bonds. The molecule has 0 saturated heterocycles. The van der Waals surface area contributed by atoms with Gasteiger partial charge in [0.1, 0.15) is 12.4 Å². The Balaban J connectivity index is 2.21. The predicted octanol–water partition coefficient (Wildman–Crippen LogP) is -0.294. The average Bonchev–Trinajstić information content (AvgIpc) is 2.38. The number of benzene rings is 1. The smallest absolute Gasteiger partial charge is 0.335 e. The van der Waals surface area contributed by atoms with Crippen LogP contribution in [0.4, 0.5) is 0 Å². The Labute approximate surface area is 105 Å². The number of hydrogen-bond donors (Lipinski definition) is 4. The fourth-order valence-corrected chi connectivity index (χ4v) is 1.27. The lowest BCUT2D eigenvalue weighted by molar-refractivity contribution is 0.0697. The van der Waals surface area contributed by atoms with Gasteiger partial charge in [-0.3, -0.25) is 0 Å². The molecule has 0 aliphatic rings.